The van der Waals surface area contributed by atoms with Crippen LogP contribution >= 0.6 is 23.1 Å². The van der Waals surface area contributed by atoms with Crippen molar-refractivity contribution in [3.05, 3.63) is 49.6 Å². The maximum Gasteiger partial charge on any atom is 0.329 e. The van der Waals surface area contributed by atoms with E-state index in [0.29, 0.717) is 11.3 Å². The van der Waals surface area contributed by atoms with Crippen molar-refractivity contribution in [1.82, 2.24) is 34.9 Å². The van der Waals surface area contributed by atoms with Crippen LogP contribution in [0, 0.1) is 6.92 Å². The van der Waals surface area contributed by atoms with E-state index in [1.165, 1.54) is 18.4 Å². The molecule has 0 fully saturated rings. The number of methoxy groups -OCH3 is 1. The van der Waals surface area contributed by atoms with E-state index >= 15 is 0 Å². The van der Waals surface area contributed by atoms with Gasteiger partial charge in [-0.3, -0.25) is 14.3 Å². The van der Waals surface area contributed by atoms with Crippen LogP contribution in [0.2, 0.25) is 0 Å². The summed E-state index contributed by atoms with van der Waals surface area (Å²) in [6, 6.07) is 5.49. The molecule has 0 atom stereocenters. The SMILES string of the molecule is COc1ccc(-c2nnc3[nH]c(=O)n(C)c(=O)c3n2)cc1CSc1nnc(C)s1. The standard InChI is InChI=1S/C17H15N7O3S2/c1-8-20-23-17(29-8)28-7-10-6-9(4-5-11(10)27-3)13-18-12-14(22-21-13)19-16(26)24(2)15(12)25/h4-6H,7H2,1-3H3,(H,19,22,26). The zero-order valence-electron chi connectivity index (χ0n) is 15.7. The quantitative estimate of drug-likeness (QED) is 0.470. The molecule has 1 N–H and O–H groups in total. The molecule has 12 heteroatoms. The van der Waals surface area contributed by atoms with E-state index in [-0.39, 0.29) is 17.0 Å². The lowest BCUT2D eigenvalue weighted by atomic mass is 10.1. The van der Waals surface area contributed by atoms with E-state index in [0.717, 1.165) is 25.2 Å². The van der Waals surface area contributed by atoms with Gasteiger partial charge in [-0.05, 0) is 25.1 Å². The summed E-state index contributed by atoms with van der Waals surface area (Å²) in [5, 5.41) is 17.1. The summed E-state index contributed by atoms with van der Waals surface area (Å²) in [5.41, 5.74) is 0.599. The molecule has 0 spiro atoms. The average Bonchev–Trinajstić information content (AvgIpc) is 3.15. The van der Waals surface area contributed by atoms with Crippen LogP contribution in [0.3, 0.4) is 0 Å². The Kier molecular flexibility index (Phi) is 5.11. The van der Waals surface area contributed by atoms with Crippen LogP contribution in [0.15, 0.2) is 32.1 Å². The highest BCUT2D eigenvalue weighted by Gasteiger charge is 2.14. The Hall–Kier alpha value is -3.12. The molecule has 0 bridgehead atoms. The van der Waals surface area contributed by atoms with Crippen LogP contribution in [0.1, 0.15) is 10.6 Å². The minimum Gasteiger partial charge on any atom is -0.496 e. The Morgan fingerprint density at radius 1 is 1.21 bits per heavy atom. The van der Waals surface area contributed by atoms with Crippen LogP contribution in [-0.2, 0) is 12.8 Å². The van der Waals surface area contributed by atoms with Crippen molar-refractivity contribution in [3.63, 3.8) is 0 Å². The molecule has 3 heterocycles. The van der Waals surface area contributed by atoms with Crippen LogP contribution in [0.4, 0.5) is 0 Å². The molecule has 1 aromatic carbocycles. The molecule has 3 aromatic heterocycles. The second-order valence-electron chi connectivity index (χ2n) is 6.03. The summed E-state index contributed by atoms with van der Waals surface area (Å²) >= 11 is 3.08. The van der Waals surface area contributed by atoms with E-state index in [9.17, 15) is 9.59 Å². The van der Waals surface area contributed by atoms with E-state index in [2.05, 4.69) is 30.4 Å². The molecule has 0 saturated carbocycles. The number of aryl methyl sites for hydroxylation is 1. The van der Waals surface area contributed by atoms with Crippen molar-refractivity contribution < 1.29 is 4.74 Å². The summed E-state index contributed by atoms with van der Waals surface area (Å²) in [6.07, 6.45) is 0. The van der Waals surface area contributed by atoms with E-state index in [1.54, 1.807) is 24.9 Å². The fraction of sp³-hybridized carbons (Fsp3) is 0.235. The lowest BCUT2D eigenvalue weighted by molar-refractivity contribution is 0.411. The minimum absolute atomic E-state index is 0.0492. The van der Waals surface area contributed by atoms with Crippen LogP contribution in [-0.4, -0.2) is 42.0 Å². The molecule has 4 aromatic rings. The molecular weight excluding hydrogens is 414 g/mol. The largest absolute Gasteiger partial charge is 0.496 e. The first-order valence-corrected chi connectivity index (χ1v) is 10.2. The molecule has 10 nitrogen and oxygen atoms in total. The number of hydrogen-bond donors (Lipinski definition) is 1. The number of ether oxygens (including phenoxy) is 1. The third kappa shape index (κ3) is 3.76. The molecule has 0 saturated heterocycles. The first-order chi connectivity index (χ1) is 14.0. The van der Waals surface area contributed by atoms with Gasteiger partial charge in [0, 0.05) is 23.9 Å². The molecular formula is C17H15N7O3S2. The summed E-state index contributed by atoms with van der Waals surface area (Å²) in [4.78, 5) is 30.8. The summed E-state index contributed by atoms with van der Waals surface area (Å²) in [5.74, 6) is 1.61. The van der Waals surface area contributed by atoms with Gasteiger partial charge in [-0.15, -0.1) is 20.4 Å². The van der Waals surface area contributed by atoms with Crippen molar-refractivity contribution in [2.75, 3.05) is 7.11 Å². The highest BCUT2D eigenvalue weighted by atomic mass is 32.2. The summed E-state index contributed by atoms with van der Waals surface area (Å²) in [7, 11) is 2.98. The van der Waals surface area contributed by atoms with E-state index in [4.69, 9.17) is 4.74 Å². The monoisotopic (exact) mass is 429 g/mol. The lowest BCUT2D eigenvalue weighted by Gasteiger charge is -2.09. The van der Waals surface area contributed by atoms with Crippen molar-refractivity contribution in [2.45, 2.75) is 17.0 Å². The molecule has 0 aliphatic carbocycles. The number of thioether (sulfide) groups is 1. The number of nitrogens with zero attached hydrogens (tertiary/aromatic N) is 6. The maximum atomic E-state index is 12.3. The van der Waals surface area contributed by atoms with Gasteiger partial charge >= 0.3 is 5.69 Å². The number of rotatable bonds is 5. The number of aromatic nitrogens is 7. The van der Waals surface area contributed by atoms with Crippen molar-refractivity contribution in [3.8, 4) is 17.1 Å². The van der Waals surface area contributed by atoms with Gasteiger partial charge in [0.2, 0.25) is 0 Å². The topological polar surface area (TPSA) is 129 Å². The zero-order valence-corrected chi connectivity index (χ0v) is 17.3. The van der Waals surface area contributed by atoms with Crippen LogP contribution < -0.4 is 16.0 Å². The average molecular weight is 429 g/mol. The number of hydrogen-bond acceptors (Lipinski definition) is 10. The normalized spacial score (nSPS) is 11.1. The first-order valence-electron chi connectivity index (χ1n) is 8.40. The molecule has 0 radical (unpaired) electrons. The molecule has 0 amide bonds. The number of benzene rings is 1. The van der Waals surface area contributed by atoms with Gasteiger partial charge in [0.15, 0.2) is 21.3 Å². The highest BCUT2D eigenvalue weighted by Crippen LogP contribution is 2.32. The molecule has 0 unspecified atom stereocenters. The van der Waals surface area contributed by atoms with Crippen molar-refractivity contribution in [1.29, 1.82) is 0 Å². The number of H-pyrrole nitrogens is 1. The molecule has 148 valence electrons. The molecule has 0 aliphatic rings. The molecule has 0 aliphatic heterocycles. The Labute approximate surface area is 172 Å². The Morgan fingerprint density at radius 3 is 2.76 bits per heavy atom. The van der Waals surface area contributed by atoms with Crippen molar-refractivity contribution in [2.24, 2.45) is 7.05 Å². The van der Waals surface area contributed by atoms with Gasteiger partial charge in [-0.2, -0.15) is 0 Å². The van der Waals surface area contributed by atoms with Gasteiger partial charge < -0.3 is 4.74 Å². The van der Waals surface area contributed by atoms with Gasteiger partial charge in [-0.1, -0.05) is 23.1 Å². The molecule has 4 rings (SSSR count). The zero-order chi connectivity index (χ0) is 20.5. The Morgan fingerprint density at radius 2 is 2.03 bits per heavy atom. The third-order valence-electron chi connectivity index (χ3n) is 4.12. The van der Waals surface area contributed by atoms with E-state index in [1.807, 2.05) is 19.1 Å². The van der Waals surface area contributed by atoms with Gasteiger partial charge in [0.25, 0.3) is 5.56 Å². The first kappa shape index (κ1) is 19.2. The highest BCUT2D eigenvalue weighted by molar-refractivity contribution is 8.00. The Bertz CT molecular complexity index is 1330. The van der Waals surface area contributed by atoms with Crippen LogP contribution in [0.25, 0.3) is 22.6 Å². The predicted octanol–water partition coefficient (Wildman–Crippen LogP) is 1.54. The van der Waals surface area contributed by atoms with Crippen LogP contribution in [0.5, 0.6) is 5.75 Å². The molecule has 29 heavy (non-hydrogen) atoms. The third-order valence-corrected chi connectivity index (χ3v) is 6.14. The number of aromatic amines is 1. The van der Waals surface area contributed by atoms with E-state index < -0.39 is 11.2 Å². The number of fused-ring (bicyclic) bond motifs is 1. The van der Waals surface area contributed by atoms with Gasteiger partial charge in [-0.25, -0.2) is 9.78 Å². The smallest absolute Gasteiger partial charge is 0.329 e. The number of nitrogens with one attached hydrogen (secondary N) is 1. The lowest BCUT2D eigenvalue weighted by Crippen LogP contribution is -2.33. The summed E-state index contributed by atoms with van der Waals surface area (Å²) < 4.78 is 7.26. The fourth-order valence-electron chi connectivity index (χ4n) is 2.62. The second kappa shape index (κ2) is 7.72. The Balaban J connectivity index is 1.73. The van der Waals surface area contributed by atoms with Gasteiger partial charge in [0.05, 0.1) is 7.11 Å². The summed E-state index contributed by atoms with van der Waals surface area (Å²) in [6.45, 7) is 1.91. The van der Waals surface area contributed by atoms with Gasteiger partial charge in [0.1, 0.15) is 10.8 Å². The maximum absolute atomic E-state index is 12.3. The second-order valence-corrected chi connectivity index (χ2v) is 8.43. The fourth-order valence-corrected chi connectivity index (χ4v) is 4.42. The van der Waals surface area contributed by atoms with Crippen molar-refractivity contribution >= 4 is 34.3 Å². The predicted molar refractivity (Wildman–Crippen MR) is 109 cm³/mol. The minimum atomic E-state index is -0.568.